The third kappa shape index (κ3) is 6.31. The number of hydrogen-bond donors (Lipinski definition) is 3. The first-order chi connectivity index (χ1) is 13.1. The van der Waals surface area contributed by atoms with Crippen LogP contribution in [-0.2, 0) is 4.79 Å². The van der Waals surface area contributed by atoms with Crippen LogP contribution in [0.4, 0.5) is 5.69 Å². The molecule has 0 bridgehead atoms. The molecule has 146 valence electrons. The van der Waals surface area contributed by atoms with Gasteiger partial charge in [-0.3, -0.25) is 9.59 Å². The summed E-state index contributed by atoms with van der Waals surface area (Å²) in [5.74, 6) is 0.443. The van der Waals surface area contributed by atoms with Crippen LogP contribution in [0.1, 0.15) is 74.6 Å². The van der Waals surface area contributed by atoms with Crippen LogP contribution in [0.15, 0.2) is 24.3 Å². The lowest BCUT2D eigenvalue weighted by Crippen LogP contribution is -2.36. The summed E-state index contributed by atoms with van der Waals surface area (Å²) in [7, 11) is 0. The topological polar surface area (TPSA) is 70.2 Å². The number of thiocarbonyl (C=S) groups is 1. The monoisotopic (exact) mass is 387 g/mol. The van der Waals surface area contributed by atoms with Crippen molar-refractivity contribution in [1.29, 1.82) is 0 Å². The molecule has 0 spiro atoms. The largest absolute Gasteiger partial charge is 0.349 e. The maximum Gasteiger partial charge on any atom is 0.251 e. The molecule has 0 heterocycles. The van der Waals surface area contributed by atoms with Gasteiger partial charge in [-0.05, 0) is 68.1 Å². The number of carbonyl (C=O) groups is 2. The van der Waals surface area contributed by atoms with E-state index in [-0.39, 0.29) is 11.8 Å². The van der Waals surface area contributed by atoms with Gasteiger partial charge in [0.2, 0.25) is 5.91 Å². The second-order valence-corrected chi connectivity index (χ2v) is 8.15. The molecule has 27 heavy (non-hydrogen) atoms. The molecule has 6 heteroatoms. The number of amides is 2. The molecule has 5 nitrogen and oxygen atoms in total. The van der Waals surface area contributed by atoms with Gasteiger partial charge in [-0.25, -0.2) is 0 Å². The molecule has 2 saturated carbocycles. The SMILES string of the molecule is O=C(CC1CCCC1)NC(=S)Nc1ccc(C(=O)NC2CCCCC2)cc1. The van der Waals surface area contributed by atoms with Gasteiger partial charge in [-0.2, -0.15) is 0 Å². The van der Waals surface area contributed by atoms with Crippen LogP contribution < -0.4 is 16.0 Å². The van der Waals surface area contributed by atoms with Crippen LogP contribution >= 0.6 is 12.2 Å². The van der Waals surface area contributed by atoms with E-state index in [0.717, 1.165) is 31.4 Å². The molecule has 1 aromatic rings. The van der Waals surface area contributed by atoms with Crippen molar-refractivity contribution in [2.24, 2.45) is 5.92 Å². The predicted octanol–water partition coefficient (Wildman–Crippen LogP) is 4.14. The van der Waals surface area contributed by atoms with Crippen molar-refractivity contribution >= 4 is 34.8 Å². The van der Waals surface area contributed by atoms with Gasteiger partial charge < -0.3 is 16.0 Å². The average Bonchev–Trinajstić information content (AvgIpc) is 3.15. The highest BCUT2D eigenvalue weighted by Crippen LogP contribution is 2.27. The first-order valence-corrected chi connectivity index (χ1v) is 10.5. The summed E-state index contributed by atoms with van der Waals surface area (Å²) in [6, 6.07) is 7.48. The second-order valence-electron chi connectivity index (χ2n) is 7.74. The third-order valence-electron chi connectivity index (χ3n) is 5.55. The van der Waals surface area contributed by atoms with Gasteiger partial charge in [0.1, 0.15) is 0 Å². The molecule has 3 N–H and O–H groups in total. The predicted molar refractivity (Wildman–Crippen MR) is 112 cm³/mol. The molecule has 1 aromatic carbocycles. The normalized spacial score (nSPS) is 18.1. The van der Waals surface area contributed by atoms with Crippen LogP contribution in [0.2, 0.25) is 0 Å². The van der Waals surface area contributed by atoms with E-state index in [1.54, 1.807) is 12.1 Å². The summed E-state index contributed by atoms with van der Waals surface area (Å²) in [4.78, 5) is 24.4. The van der Waals surface area contributed by atoms with Crippen molar-refractivity contribution in [2.75, 3.05) is 5.32 Å². The quantitative estimate of drug-likeness (QED) is 0.664. The molecule has 2 fully saturated rings. The Labute approximate surface area is 166 Å². The molecule has 0 radical (unpaired) electrons. The molecule has 0 unspecified atom stereocenters. The first-order valence-electron chi connectivity index (χ1n) is 10.1. The lowest BCUT2D eigenvalue weighted by Gasteiger charge is -2.22. The van der Waals surface area contributed by atoms with Crippen LogP contribution in [-0.4, -0.2) is 23.0 Å². The van der Waals surface area contributed by atoms with E-state index in [1.165, 1.54) is 32.1 Å². The molecule has 0 aromatic heterocycles. The van der Waals surface area contributed by atoms with Crippen molar-refractivity contribution in [3.63, 3.8) is 0 Å². The van der Waals surface area contributed by atoms with Crippen molar-refractivity contribution in [3.8, 4) is 0 Å². The number of benzene rings is 1. The Balaban J connectivity index is 1.44. The Bertz CT molecular complexity index is 663. The number of nitrogens with one attached hydrogen (secondary N) is 3. The van der Waals surface area contributed by atoms with Crippen molar-refractivity contribution in [2.45, 2.75) is 70.3 Å². The molecule has 0 aliphatic heterocycles. The lowest BCUT2D eigenvalue weighted by molar-refractivity contribution is -0.120. The van der Waals surface area contributed by atoms with Gasteiger partial charge in [0.05, 0.1) is 0 Å². The molecule has 2 aliphatic carbocycles. The Morgan fingerprint density at radius 1 is 0.926 bits per heavy atom. The summed E-state index contributed by atoms with van der Waals surface area (Å²) in [5, 5.41) is 9.18. The minimum atomic E-state index is -0.0270. The maximum atomic E-state index is 12.3. The minimum absolute atomic E-state index is 0.0251. The number of rotatable bonds is 5. The summed E-state index contributed by atoms with van der Waals surface area (Å²) in [6.45, 7) is 0. The highest BCUT2D eigenvalue weighted by Gasteiger charge is 2.19. The van der Waals surface area contributed by atoms with Gasteiger partial charge in [-0.15, -0.1) is 0 Å². The smallest absolute Gasteiger partial charge is 0.251 e. The van der Waals surface area contributed by atoms with Gasteiger partial charge in [-0.1, -0.05) is 32.1 Å². The van der Waals surface area contributed by atoms with Crippen molar-refractivity contribution in [3.05, 3.63) is 29.8 Å². The fourth-order valence-corrected chi connectivity index (χ4v) is 4.27. The molecule has 2 aliphatic rings. The van der Waals surface area contributed by atoms with Crippen LogP contribution in [0.25, 0.3) is 0 Å². The van der Waals surface area contributed by atoms with Crippen molar-refractivity contribution < 1.29 is 9.59 Å². The lowest BCUT2D eigenvalue weighted by atomic mass is 9.95. The van der Waals surface area contributed by atoms with E-state index in [4.69, 9.17) is 12.2 Å². The van der Waals surface area contributed by atoms with Gasteiger partial charge in [0.25, 0.3) is 5.91 Å². The standard InChI is InChI=1S/C21H29N3O2S/c25-19(14-15-6-4-5-7-15)24-21(27)23-18-12-10-16(11-13-18)20(26)22-17-8-2-1-3-9-17/h10-13,15,17H,1-9,14H2,(H,22,26)(H2,23,24,25,27). The fraction of sp³-hybridized carbons (Fsp3) is 0.571. The molecule has 3 rings (SSSR count). The van der Waals surface area contributed by atoms with Gasteiger partial charge in [0.15, 0.2) is 5.11 Å². The van der Waals surface area contributed by atoms with E-state index < -0.39 is 0 Å². The Morgan fingerprint density at radius 3 is 2.22 bits per heavy atom. The molecule has 0 saturated heterocycles. The van der Waals surface area contributed by atoms with Crippen LogP contribution in [0.5, 0.6) is 0 Å². The van der Waals surface area contributed by atoms with E-state index >= 15 is 0 Å². The van der Waals surface area contributed by atoms with E-state index in [0.29, 0.717) is 29.1 Å². The zero-order valence-corrected chi connectivity index (χ0v) is 16.6. The van der Waals surface area contributed by atoms with E-state index in [2.05, 4.69) is 16.0 Å². The van der Waals surface area contributed by atoms with Crippen molar-refractivity contribution in [1.82, 2.24) is 10.6 Å². The highest BCUT2D eigenvalue weighted by atomic mass is 32.1. The summed E-state index contributed by atoms with van der Waals surface area (Å²) in [6.07, 6.45) is 11.1. The van der Waals surface area contributed by atoms with Gasteiger partial charge in [0, 0.05) is 23.7 Å². The van der Waals surface area contributed by atoms with E-state index in [1.807, 2.05) is 12.1 Å². The molecule has 0 atom stereocenters. The fourth-order valence-electron chi connectivity index (χ4n) is 4.04. The zero-order valence-electron chi connectivity index (χ0n) is 15.8. The zero-order chi connectivity index (χ0) is 19.1. The maximum absolute atomic E-state index is 12.3. The Morgan fingerprint density at radius 2 is 1.56 bits per heavy atom. The summed E-state index contributed by atoms with van der Waals surface area (Å²) >= 11 is 5.22. The molecule has 2 amide bonds. The minimum Gasteiger partial charge on any atom is -0.349 e. The second kappa shape index (κ2) is 9.83. The Hall–Kier alpha value is -1.95. The highest BCUT2D eigenvalue weighted by molar-refractivity contribution is 7.80. The van der Waals surface area contributed by atoms with Gasteiger partial charge >= 0.3 is 0 Å². The number of hydrogen-bond acceptors (Lipinski definition) is 3. The van der Waals surface area contributed by atoms with Crippen LogP contribution in [0, 0.1) is 5.92 Å². The van der Waals surface area contributed by atoms with Crippen LogP contribution in [0.3, 0.4) is 0 Å². The average molecular weight is 388 g/mol. The number of carbonyl (C=O) groups excluding carboxylic acids is 2. The Kier molecular flexibility index (Phi) is 7.21. The first kappa shape index (κ1) is 19.8. The molecular formula is C21H29N3O2S. The number of anilines is 1. The summed E-state index contributed by atoms with van der Waals surface area (Å²) < 4.78 is 0. The summed E-state index contributed by atoms with van der Waals surface area (Å²) in [5.41, 5.74) is 1.40. The van der Waals surface area contributed by atoms with E-state index in [9.17, 15) is 9.59 Å². The molecular weight excluding hydrogens is 358 g/mol. The third-order valence-corrected chi connectivity index (χ3v) is 5.75.